The minimum atomic E-state index is -0.969. The van der Waals surface area contributed by atoms with Crippen molar-refractivity contribution >= 4 is 56.4 Å². The summed E-state index contributed by atoms with van der Waals surface area (Å²) in [7, 11) is 0. The number of thiazole rings is 2. The van der Waals surface area contributed by atoms with Gasteiger partial charge in [0, 0.05) is 55.6 Å². The summed E-state index contributed by atoms with van der Waals surface area (Å²) in [5, 5.41) is 17.4. The molecule has 0 radical (unpaired) electrons. The molecule has 2 saturated heterocycles. The van der Waals surface area contributed by atoms with E-state index in [0.717, 1.165) is 72.5 Å². The number of nitrogens with zero attached hydrogens (tertiary/aromatic N) is 6. The summed E-state index contributed by atoms with van der Waals surface area (Å²) in [6, 6.07) is 20.0. The largest absolute Gasteiger partial charge is 0.475 e. The first kappa shape index (κ1) is 50.5. The van der Waals surface area contributed by atoms with Crippen molar-refractivity contribution in [3.63, 3.8) is 0 Å². The van der Waals surface area contributed by atoms with E-state index in [1.54, 1.807) is 28.9 Å². The SMILES string of the molecule is Cc1ncsc1-c1ccc([C@H](C)NC(=O)[C@@H]2C[C@@H](O)CN2C(=O)[C@@H](NC(=O)COCCOCCOCCOc2ccc(-c3ccc4nc(-c5ccc(N6CCCC6)nc5)sc4c3)cn2)C(C)(C)C)cc1. The zero-order valence-corrected chi connectivity index (χ0v) is 42.0. The van der Waals surface area contributed by atoms with Gasteiger partial charge in [0.05, 0.1) is 71.5 Å². The molecular formula is C52H62N8O8S2. The number of aliphatic hydroxyl groups excluding tert-OH is 1. The normalized spacial score (nSPS) is 16.9. The lowest BCUT2D eigenvalue weighted by Crippen LogP contribution is -2.58. The third-order valence-electron chi connectivity index (χ3n) is 12.4. The van der Waals surface area contributed by atoms with Crippen LogP contribution in [0.5, 0.6) is 5.88 Å². The van der Waals surface area contributed by atoms with Crippen molar-refractivity contribution in [3.05, 3.63) is 95.9 Å². The van der Waals surface area contributed by atoms with Gasteiger partial charge in [-0.25, -0.2) is 19.9 Å². The van der Waals surface area contributed by atoms with E-state index < -0.39 is 35.4 Å². The molecule has 0 spiro atoms. The van der Waals surface area contributed by atoms with Crippen molar-refractivity contribution in [1.29, 1.82) is 0 Å². The van der Waals surface area contributed by atoms with E-state index in [0.29, 0.717) is 32.3 Å². The topological polar surface area (TPSA) is 190 Å². The number of rotatable bonds is 21. The summed E-state index contributed by atoms with van der Waals surface area (Å²) in [5.41, 5.74) is 8.02. The number of amides is 3. The average molecular weight is 991 g/mol. The van der Waals surface area contributed by atoms with Crippen LogP contribution in [0.15, 0.2) is 84.6 Å². The summed E-state index contributed by atoms with van der Waals surface area (Å²) >= 11 is 3.23. The zero-order chi connectivity index (χ0) is 49.2. The molecule has 6 aromatic rings. The minimum absolute atomic E-state index is 0.0190. The van der Waals surface area contributed by atoms with Crippen molar-refractivity contribution in [2.75, 3.05) is 70.8 Å². The fourth-order valence-corrected chi connectivity index (χ4v) is 10.3. The van der Waals surface area contributed by atoms with Crippen LogP contribution in [-0.2, 0) is 28.6 Å². The molecule has 18 heteroatoms. The van der Waals surface area contributed by atoms with Gasteiger partial charge in [-0.2, -0.15) is 0 Å². The van der Waals surface area contributed by atoms with E-state index in [-0.39, 0.29) is 44.7 Å². The Hall–Kier alpha value is -5.89. The molecule has 2 aliphatic heterocycles. The summed E-state index contributed by atoms with van der Waals surface area (Å²) in [4.78, 5) is 63.9. The molecule has 2 fully saturated rings. The molecule has 6 heterocycles. The maximum Gasteiger partial charge on any atom is 0.246 e. The number of nitrogens with one attached hydrogen (secondary N) is 2. The van der Waals surface area contributed by atoms with Crippen LogP contribution in [0.2, 0.25) is 0 Å². The van der Waals surface area contributed by atoms with Gasteiger partial charge < -0.3 is 44.5 Å². The minimum Gasteiger partial charge on any atom is -0.475 e. The summed E-state index contributed by atoms with van der Waals surface area (Å²) in [6.45, 7) is 12.9. The molecule has 0 aliphatic carbocycles. The van der Waals surface area contributed by atoms with Gasteiger partial charge in [-0.1, -0.05) is 51.1 Å². The van der Waals surface area contributed by atoms with Crippen LogP contribution in [-0.4, -0.2) is 132 Å². The number of aryl methyl sites for hydroxylation is 1. The predicted octanol–water partition coefficient (Wildman–Crippen LogP) is 7.25. The lowest BCUT2D eigenvalue weighted by Gasteiger charge is -2.35. The number of hydrogen-bond acceptors (Lipinski definition) is 15. The highest BCUT2D eigenvalue weighted by Crippen LogP contribution is 2.34. The highest BCUT2D eigenvalue weighted by molar-refractivity contribution is 7.21. The Labute approximate surface area is 416 Å². The van der Waals surface area contributed by atoms with Crippen molar-refractivity contribution < 1.29 is 38.4 Å². The van der Waals surface area contributed by atoms with Crippen molar-refractivity contribution in [2.24, 2.45) is 5.41 Å². The van der Waals surface area contributed by atoms with Crippen LogP contribution < -0.4 is 20.3 Å². The van der Waals surface area contributed by atoms with E-state index in [9.17, 15) is 19.5 Å². The Morgan fingerprint density at radius 1 is 0.814 bits per heavy atom. The molecule has 8 rings (SSSR count). The molecule has 3 amide bonds. The maximum absolute atomic E-state index is 14.0. The quantitative estimate of drug-likeness (QED) is 0.0612. The Morgan fingerprint density at radius 3 is 2.17 bits per heavy atom. The van der Waals surface area contributed by atoms with E-state index in [2.05, 4.69) is 49.8 Å². The third kappa shape index (κ3) is 12.9. The third-order valence-corrected chi connectivity index (χ3v) is 14.4. The fourth-order valence-electron chi connectivity index (χ4n) is 8.54. The predicted molar refractivity (Wildman–Crippen MR) is 272 cm³/mol. The van der Waals surface area contributed by atoms with Gasteiger partial charge in [0.15, 0.2) is 0 Å². The number of carbonyl (C=O) groups excluding carboxylic acids is 3. The number of aromatic nitrogens is 4. The zero-order valence-electron chi connectivity index (χ0n) is 40.4. The van der Waals surface area contributed by atoms with Gasteiger partial charge in [0.2, 0.25) is 23.6 Å². The number of likely N-dealkylation sites (tertiary alicyclic amines) is 1. The van der Waals surface area contributed by atoms with Gasteiger partial charge >= 0.3 is 0 Å². The lowest BCUT2D eigenvalue weighted by atomic mass is 9.85. The van der Waals surface area contributed by atoms with E-state index in [1.165, 1.54) is 17.7 Å². The number of carbonyl (C=O) groups is 3. The molecular weight excluding hydrogens is 929 g/mol. The van der Waals surface area contributed by atoms with Crippen LogP contribution in [0, 0.1) is 12.3 Å². The monoisotopic (exact) mass is 990 g/mol. The number of benzene rings is 2. The summed E-state index contributed by atoms with van der Waals surface area (Å²) in [5.74, 6) is 0.236. The molecule has 2 aliphatic rings. The van der Waals surface area contributed by atoms with Gasteiger partial charge in [-0.15, -0.1) is 22.7 Å². The van der Waals surface area contributed by atoms with Crippen LogP contribution in [0.1, 0.15) is 64.3 Å². The standard InChI is InChI=1S/C52H62N8O8S2/c1-33(35-8-10-36(11-9-35)47-34(2)55-32-69-47)56-49(63)42-27-40(61)30-60(42)51(64)48(52(3,4)5)58-45(62)31-67-23-22-65-20-21-66-24-25-68-46-17-14-38(28-54-46)37-12-15-41-43(26-37)70-50(57-41)39-13-16-44(53-29-39)59-18-6-7-19-59/h8-17,26,28-29,32-33,40,42,48,61H,6-7,18-25,27,30-31H2,1-5H3,(H,56,63)(H,58,62)/t33-,40+,42-,48+/m0/s1. The van der Waals surface area contributed by atoms with Gasteiger partial charge in [0.25, 0.3) is 0 Å². The number of hydrogen-bond donors (Lipinski definition) is 3. The lowest BCUT2D eigenvalue weighted by molar-refractivity contribution is -0.144. The number of β-amino-alcohol motifs (C(OH)–C–C–N with tert-alkyl or cyclic N) is 1. The molecule has 70 heavy (non-hydrogen) atoms. The fraction of sp³-hybridized carbons (Fsp3) is 0.442. The van der Waals surface area contributed by atoms with E-state index in [4.69, 9.17) is 28.9 Å². The van der Waals surface area contributed by atoms with Crippen molar-refractivity contribution in [3.8, 4) is 38.0 Å². The highest BCUT2D eigenvalue weighted by atomic mass is 32.1. The van der Waals surface area contributed by atoms with Crippen LogP contribution in [0.3, 0.4) is 0 Å². The number of fused-ring (bicyclic) bond motifs is 1. The van der Waals surface area contributed by atoms with Gasteiger partial charge in [-0.05, 0) is 79.1 Å². The molecule has 16 nitrogen and oxygen atoms in total. The van der Waals surface area contributed by atoms with Gasteiger partial charge in [-0.3, -0.25) is 14.4 Å². The molecule has 0 saturated carbocycles. The Kier molecular flexibility index (Phi) is 16.8. The van der Waals surface area contributed by atoms with Crippen LogP contribution >= 0.6 is 22.7 Å². The second-order valence-electron chi connectivity index (χ2n) is 18.7. The second-order valence-corrected chi connectivity index (χ2v) is 20.6. The molecule has 4 atom stereocenters. The Bertz CT molecular complexity index is 2680. The smallest absolute Gasteiger partial charge is 0.246 e. The highest BCUT2D eigenvalue weighted by Gasteiger charge is 2.44. The van der Waals surface area contributed by atoms with Crippen molar-refractivity contribution in [2.45, 2.75) is 78.1 Å². The summed E-state index contributed by atoms with van der Waals surface area (Å²) < 4.78 is 23.7. The molecule has 4 aromatic heterocycles. The van der Waals surface area contributed by atoms with Crippen molar-refractivity contribution in [1.82, 2.24) is 35.5 Å². The number of aliphatic hydroxyl groups is 1. The molecule has 0 unspecified atom stereocenters. The van der Waals surface area contributed by atoms with Gasteiger partial charge in [0.1, 0.15) is 36.1 Å². The van der Waals surface area contributed by atoms with Crippen LogP contribution in [0.25, 0.3) is 42.4 Å². The first-order valence-electron chi connectivity index (χ1n) is 23.8. The molecule has 370 valence electrons. The Morgan fingerprint density at radius 2 is 1.50 bits per heavy atom. The molecule has 3 N–H and O–H groups in total. The Balaban J connectivity index is 0.698. The number of anilines is 1. The average Bonchev–Trinajstić information content (AvgIpc) is 4.20. The summed E-state index contributed by atoms with van der Waals surface area (Å²) in [6.07, 6.45) is 5.38. The first-order chi connectivity index (χ1) is 33.8. The van der Waals surface area contributed by atoms with E-state index in [1.807, 2.05) is 88.8 Å². The number of ether oxygens (including phenoxy) is 4. The second kappa shape index (κ2) is 23.3. The number of pyridine rings is 2. The molecule has 0 bridgehead atoms. The maximum atomic E-state index is 14.0. The van der Waals surface area contributed by atoms with Crippen LogP contribution in [0.4, 0.5) is 5.82 Å². The molecule has 2 aromatic carbocycles. The first-order valence-corrected chi connectivity index (χ1v) is 25.5. The van der Waals surface area contributed by atoms with E-state index >= 15 is 0 Å².